The van der Waals surface area contributed by atoms with E-state index in [1.165, 1.54) is 4.78 Å². The second kappa shape index (κ2) is 3.30. The molecule has 0 aliphatic heterocycles. The molecule has 1 aromatic carbocycles. The zero-order valence-corrected chi connectivity index (χ0v) is 8.16. The molecule has 1 aromatic rings. The molecule has 0 aliphatic carbocycles. The lowest BCUT2D eigenvalue weighted by Crippen LogP contribution is -2.26. The van der Waals surface area contributed by atoms with Crippen LogP contribution in [0.2, 0.25) is 0 Å². The number of para-hydroxylation sites is 1. The minimum Gasteiger partial charge on any atom is -0.299 e. The number of hydrogen-bond acceptors (Lipinski definition) is 2. The highest BCUT2D eigenvalue weighted by Crippen LogP contribution is 2.41. The Labute approximate surface area is 72.6 Å². The van der Waals surface area contributed by atoms with Gasteiger partial charge in [0.25, 0.3) is 0 Å². The molecule has 0 radical (unpaired) electrons. The van der Waals surface area contributed by atoms with Gasteiger partial charge in [0.2, 0.25) is 0 Å². The van der Waals surface area contributed by atoms with Gasteiger partial charge in [0.15, 0.2) is 7.29 Å². The zero-order valence-electron chi connectivity index (χ0n) is 7.27. The minimum atomic E-state index is -2.37. The summed E-state index contributed by atoms with van der Waals surface area (Å²) >= 11 is 0. The van der Waals surface area contributed by atoms with Crippen molar-refractivity contribution in [1.82, 2.24) is 0 Å². The summed E-state index contributed by atoms with van der Waals surface area (Å²) in [5.74, 6) is 5.64. The average Bonchev–Trinajstić information content (AvgIpc) is 2.03. The Morgan fingerprint density at radius 1 is 1.25 bits per heavy atom. The van der Waals surface area contributed by atoms with Crippen LogP contribution in [0, 0.1) is 0 Å². The van der Waals surface area contributed by atoms with Crippen LogP contribution < -0.4 is 10.6 Å². The molecule has 0 unspecified atom stereocenters. The fourth-order valence-electron chi connectivity index (χ4n) is 0.859. The Hall–Kier alpha value is -0.790. The molecule has 0 saturated heterocycles. The molecule has 4 heteroatoms. The van der Waals surface area contributed by atoms with E-state index in [1.807, 2.05) is 30.3 Å². The molecule has 0 fully saturated rings. The Kier molecular flexibility index (Phi) is 2.55. The van der Waals surface area contributed by atoms with E-state index < -0.39 is 7.29 Å². The number of nitrogens with two attached hydrogens (primary N) is 1. The van der Waals surface area contributed by atoms with Crippen LogP contribution >= 0.6 is 7.29 Å². The zero-order chi connectivity index (χ0) is 9.19. The molecule has 0 aromatic heterocycles. The number of nitrogens with zero attached hydrogens (tertiary/aromatic N) is 1. The van der Waals surface area contributed by atoms with Crippen molar-refractivity contribution < 1.29 is 4.57 Å². The second-order valence-electron chi connectivity index (χ2n) is 2.97. The SMILES string of the molecule is CP(C)(=O)N(N)c1ccccc1. The maximum absolute atomic E-state index is 11.5. The van der Waals surface area contributed by atoms with Crippen LogP contribution in [0.3, 0.4) is 0 Å². The van der Waals surface area contributed by atoms with Gasteiger partial charge in [-0.1, -0.05) is 18.2 Å². The molecular weight excluding hydrogens is 171 g/mol. The first-order chi connectivity index (χ1) is 5.52. The largest absolute Gasteiger partial charge is 0.299 e. The van der Waals surface area contributed by atoms with Crippen molar-refractivity contribution >= 4 is 13.0 Å². The fourth-order valence-corrected chi connectivity index (χ4v) is 1.55. The lowest BCUT2D eigenvalue weighted by Gasteiger charge is -2.22. The number of hydrazine groups is 1. The van der Waals surface area contributed by atoms with E-state index in [0.717, 1.165) is 5.69 Å². The quantitative estimate of drug-likeness (QED) is 0.434. The summed E-state index contributed by atoms with van der Waals surface area (Å²) in [5.41, 5.74) is 0.783. The van der Waals surface area contributed by atoms with Crippen LogP contribution in [0.25, 0.3) is 0 Å². The minimum absolute atomic E-state index is 0.783. The molecule has 3 nitrogen and oxygen atoms in total. The molecule has 0 spiro atoms. The lowest BCUT2D eigenvalue weighted by molar-refractivity contribution is 0.579. The van der Waals surface area contributed by atoms with E-state index in [2.05, 4.69) is 0 Å². The third kappa shape index (κ3) is 2.10. The molecule has 0 bridgehead atoms. The van der Waals surface area contributed by atoms with Gasteiger partial charge in [-0.15, -0.1) is 0 Å². The summed E-state index contributed by atoms with van der Waals surface area (Å²) < 4.78 is 12.8. The topological polar surface area (TPSA) is 46.3 Å². The van der Waals surface area contributed by atoms with Crippen LogP contribution in [0.5, 0.6) is 0 Å². The van der Waals surface area contributed by atoms with Gasteiger partial charge in [-0.05, 0) is 12.1 Å². The first kappa shape index (κ1) is 9.30. The van der Waals surface area contributed by atoms with Gasteiger partial charge in [0, 0.05) is 13.3 Å². The molecule has 0 amide bonds. The van der Waals surface area contributed by atoms with Gasteiger partial charge in [0.05, 0.1) is 5.69 Å². The smallest absolute Gasteiger partial charge is 0.180 e. The highest BCUT2D eigenvalue weighted by atomic mass is 31.2. The number of anilines is 1. The predicted octanol–water partition coefficient (Wildman–Crippen LogP) is 1.90. The normalized spacial score (nSPS) is 11.2. The van der Waals surface area contributed by atoms with E-state index in [-0.39, 0.29) is 0 Å². The number of rotatable bonds is 2. The van der Waals surface area contributed by atoms with Crippen molar-refractivity contribution in [3.05, 3.63) is 30.3 Å². The Balaban J connectivity index is 2.94. The molecule has 2 N–H and O–H groups in total. The summed E-state index contributed by atoms with van der Waals surface area (Å²) in [4.78, 5) is 0. The Morgan fingerprint density at radius 3 is 2.17 bits per heavy atom. The molecule has 0 heterocycles. The van der Waals surface area contributed by atoms with Crippen LogP contribution in [0.4, 0.5) is 5.69 Å². The maximum Gasteiger partial charge on any atom is 0.180 e. The summed E-state index contributed by atoms with van der Waals surface area (Å²) in [7, 11) is -2.37. The molecule has 12 heavy (non-hydrogen) atoms. The molecular formula is C8H13N2OP. The van der Waals surface area contributed by atoms with Crippen LogP contribution in [-0.4, -0.2) is 13.3 Å². The number of benzene rings is 1. The highest BCUT2D eigenvalue weighted by Gasteiger charge is 2.15. The number of hydrogen-bond donors (Lipinski definition) is 1. The second-order valence-corrected chi connectivity index (χ2v) is 5.99. The summed E-state index contributed by atoms with van der Waals surface area (Å²) in [6.45, 7) is 3.28. The van der Waals surface area contributed by atoms with E-state index >= 15 is 0 Å². The van der Waals surface area contributed by atoms with Gasteiger partial charge in [0.1, 0.15) is 0 Å². The average molecular weight is 184 g/mol. The van der Waals surface area contributed by atoms with Gasteiger partial charge in [-0.2, -0.15) is 0 Å². The summed E-state index contributed by atoms with van der Waals surface area (Å²) in [6, 6.07) is 9.29. The Morgan fingerprint density at radius 2 is 1.75 bits per heavy atom. The molecule has 1 rings (SSSR count). The summed E-state index contributed by atoms with van der Waals surface area (Å²) in [6.07, 6.45) is 0. The van der Waals surface area contributed by atoms with Crippen molar-refractivity contribution in [2.24, 2.45) is 5.84 Å². The standard InChI is InChI=1S/C8H13N2OP/c1-12(2,11)10(9)8-6-4-3-5-7-8/h3-7H,9H2,1-2H3. The van der Waals surface area contributed by atoms with Gasteiger partial charge in [-0.25, -0.2) is 5.84 Å². The molecule has 0 saturated carbocycles. The van der Waals surface area contributed by atoms with Crippen molar-refractivity contribution in [1.29, 1.82) is 0 Å². The molecule has 0 aliphatic rings. The lowest BCUT2D eigenvalue weighted by atomic mass is 10.3. The van der Waals surface area contributed by atoms with Crippen molar-refractivity contribution in [2.45, 2.75) is 0 Å². The van der Waals surface area contributed by atoms with Crippen LogP contribution in [0.1, 0.15) is 0 Å². The van der Waals surface area contributed by atoms with Crippen molar-refractivity contribution in [3.63, 3.8) is 0 Å². The van der Waals surface area contributed by atoms with E-state index in [9.17, 15) is 4.57 Å². The monoisotopic (exact) mass is 184 g/mol. The van der Waals surface area contributed by atoms with E-state index in [1.54, 1.807) is 13.3 Å². The molecule has 66 valence electrons. The predicted molar refractivity (Wildman–Crippen MR) is 52.6 cm³/mol. The summed E-state index contributed by atoms with van der Waals surface area (Å²) in [5, 5.41) is 0. The first-order valence-corrected chi connectivity index (χ1v) is 6.22. The van der Waals surface area contributed by atoms with Gasteiger partial charge < -0.3 is 0 Å². The van der Waals surface area contributed by atoms with Crippen molar-refractivity contribution in [2.75, 3.05) is 18.1 Å². The van der Waals surface area contributed by atoms with Crippen LogP contribution in [0.15, 0.2) is 30.3 Å². The third-order valence-corrected chi connectivity index (χ3v) is 2.81. The maximum atomic E-state index is 11.5. The fraction of sp³-hybridized carbons (Fsp3) is 0.250. The van der Waals surface area contributed by atoms with Gasteiger partial charge >= 0.3 is 0 Å². The van der Waals surface area contributed by atoms with Crippen LogP contribution in [-0.2, 0) is 4.57 Å². The van der Waals surface area contributed by atoms with E-state index in [0.29, 0.717) is 0 Å². The first-order valence-electron chi connectivity index (χ1n) is 3.67. The van der Waals surface area contributed by atoms with Crippen molar-refractivity contribution in [3.8, 4) is 0 Å². The Bertz CT molecular complexity index is 293. The molecule has 0 atom stereocenters. The van der Waals surface area contributed by atoms with E-state index in [4.69, 9.17) is 5.84 Å². The third-order valence-electron chi connectivity index (χ3n) is 1.54. The van der Waals surface area contributed by atoms with Gasteiger partial charge in [-0.3, -0.25) is 9.34 Å². The highest BCUT2D eigenvalue weighted by molar-refractivity contribution is 7.63.